The third kappa shape index (κ3) is 2.51. The zero-order valence-electron chi connectivity index (χ0n) is 10.7. The molecule has 0 bridgehead atoms. The van der Waals surface area contributed by atoms with Crippen LogP contribution in [0.15, 0.2) is 52.3 Å². The van der Waals surface area contributed by atoms with E-state index in [1.807, 2.05) is 24.3 Å². The summed E-state index contributed by atoms with van der Waals surface area (Å²) in [7, 11) is 0. The number of hydrogen-bond acceptors (Lipinski definition) is 3. The van der Waals surface area contributed by atoms with Crippen molar-refractivity contribution in [3.63, 3.8) is 0 Å². The highest BCUT2D eigenvalue weighted by Crippen LogP contribution is 2.14. The molecule has 100 valence electrons. The van der Waals surface area contributed by atoms with Crippen LogP contribution in [-0.4, -0.2) is 15.0 Å². The van der Waals surface area contributed by atoms with E-state index in [1.54, 1.807) is 12.4 Å². The number of pyridine rings is 1. The summed E-state index contributed by atoms with van der Waals surface area (Å²) in [5, 5.41) is 1.10. The van der Waals surface area contributed by atoms with Crippen molar-refractivity contribution in [2.45, 2.75) is 12.8 Å². The van der Waals surface area contributed by atoms with E-state index in [4.69, 9.17) is 0 Å². The highest BCUT2D eigenvalue weighted by molar-refractivity contribution is 5.78. The van der Waals surface area contributed by atoms with Gasteiger partial charge >= 0.3 is 11.1 Å². The average molecular weight is 267 g/mol. The fraction of sp³-hybridized carbons (Fsp3) is 0.133. The van der Waals surface area contributed by atoms with Crippen LogP contribution in [-0.2, 0) is 12.8 Å². The molecule has 0 unspecified atom stereocenters. The van der Waals surface area contributed by atoms with E-state index in [9.17, 15) is 9.59 Å². The Morgan fingerprint density at radius 2 is 1.95 bits per heavy atom. The quantitative estimate of drug-likeness (QED) is 0.704. The minimum Gasteiger partial charge on any atom is -0.323 e. The van der Waals surface area contributed by atoms with Gasteiger partial charge in [0, 0.05) is 23.5 Å². The maximum Gasteiger partial charge on any atom is 0.313 e. The van der Waals surface area contributed by atoms with Crippen molar-refractivity contribution in [1.82, 2.24) is 15.0 Å². The van der Waals surface area contributed by atoms with Crippen LogP contribution in [0, 0.1) is 0 Å². The summed E-state index contributed by atoms with van der Waals surface area (Å²) in [5.74, 6) is 0. The standard InChI is InChI=1S/C15H13N3O2/c19-14-15(20)18-12(9-17-14)5-3-10-4-6-13-11(8-10)2-1-7-16-13/h1-2,4,6-9H,3,5H2,(H,17,19)(H,18,20). The van der Waals surface area contributed by atoms with E-state index < -0.39 is 11.1 Å². The molecule has 0 spiro atoms. The number of fused-ring (bicyclic) bond motifs is 1. The summed E-state index contributed by atoms with van der Waals surface area (Å²) < 4.78 is 0. The predicted molar refractivity (Wildman–Crippen MR) is 76.8 cm³/mol. The second-order valence-electron chi connectivity index (χ2n) is 4.63. The first-order chi connectivity index (χ1) is 9.72. The highest BCUT2D eigenvalue weighted by Gasteiger charge is 2.01. The Labute approximate surface area is 114 Å². The van der Waals surface area contributed by atoms with Gasteiger partial charge in [0.1, 0.15) is 0 Å². The molecule has 5 heteroatoms. The van der Waals surface area contributed by atoms with E-state index in [0.29, 0.717) is 6.42 Å². The molecule has 3 aromatic rings. The van der Waals surface area contributed by atoms with Crippen LogP contribution >= 0.6 is 0 Å². The number of benzene rings is 1. The van der Waals surface area contributed by atoms with Crippen molar-refractivity contribution in [3.05, 3.63) is 74.7 Å². The van der Waals surface area contributed by atoms with Gasteiger partial charge in [-0.3, -0.25) is 14.6 Å². The van der Waals surface area contributed by atoms with Crippen LogP contribution in [0.4, 0.5) is 0 Å². The van der Waals surface area contributed by atoms with Crippen molar-refractivity contribution < 1.29 is 0 Å². The Morgan fingerprint density at radius 1 is 1.05 bits per heavy atom. The molecule has 0 fully saturated rings. The average Bonchev–Trinajstić information content (AvgIpc) is 2.48. The van der Waals surface area contributed by atoms with E-state index >= 15 is 0 Å². The van der Waals surface area contributed by atoms with Crippen LogP contribution in [0.5, 0.6) is 0 Å². The van der Waals surface area contributed by atoms with Gasteiger partial charge in [-0.05, 0) is 36.6 Å². The van der Waals surface area contributed by atoms with Crippen LogP contribution in [0.2, 0.25) is 0 Å². The zero-order chi connectivity index (χ0) is 13.9. The molecular formula is C15H13N3O2. The smallest absolute Gasteiger partial charge is 0.313 e. The number of rotatable bonds is 3. The molecule has 2 heterocycles. The Bertz CT molecular complexity index is 864. The second kappa shape index (κ2) is 5.13. The predicted octanol–water partition coefficient (Wildman–Crippen LogP) is 1.40. The van der Waals surface area contributed by atoms with Gasteiger partial charge in [0.05, 0.1) is 5.52 Å². The summed E-state index contributed by atoms with van der Waals surface area (Å²) in [6.07, 6.45) is 4.77. The Kier molecular flexibility index (Phi) is 3.16. The van der Waals surface area contributed by atoms with Crippen LogP contribution in [0.3, 0.4) is 0 Å². The lowest BCUT2D eigenvalue weighted by molar-refractivity contribution is 0.877. The number of nitrogens with one attached hydrogen (secondary N) is 2. The fourth-order valence-corrected chi connectivity index (χ4v) is 2.15. The number of aryl methyl sites for hydroxylation is 2. The first-order valence-electron chi connectivity index (χ1n) is 6.37. The molecule has 0 aliphatic rings. The minimum atomic E-state index is -0.620. The van der Waals surface area contributed by atoms with Gasteiger partial charge in [-0.2, -0.15) is 0 Å². The molecule has 2 aromatic heterocycles. The van der Waals surface area contributed by atoms with Gasteiger partial charge in [0.2, 0.25) is 0 Å². The Balaban J connectivity index is 1.81. The number of aromatic amines is 2. The van der Waals surface area contributed by atoms with Gasteiger partial charge in [0.15, 0.2) is 0 Å². The summed E-state index contributed by atoms with van der Waals surface area (Å²) in [6.45, 7) is 0. The molecule has 0 atom stereocenters. The molecule has 0 amide bonds. The fourth-order valence-electron chi connectivity index (χ4n) is 2.15. The third-order valence-electron chi connectivity index (χ3n) is 3.21. The normalized spacial score (nSPS) is 10.8. The molecule has 3 rings (SSSR count). The maximum atomic E-state index is 11.2. The molecule has 1 aromatic carbocycles. The van der Waals surface area contributed by atoms with Crippen LogP contribution in [0.1, 0.15) is 11.3 Å². The summed E-state index contributed by atoms with van der Waals surface area (Å²) in [5.41, 5.74) is 1.63. The van der Waals surface area contributed by atoms with Crippen molar-refractivity contribution in [2.75, 3.05) is 0 Å². The van der Waals surface area contributed by atoms with Crippen LogP contribution in [0.25, 0.3) is 10.9 Å². The lowest BCUT2D eigenvalue weighted by Crippen LogP contribution is -2.29. The van der Waals surface area contributed by atoms with E-state index in [2.05, 4.69) is 21.0 Å². The number of aromatic nitrogens is 3. The van der Waals surface area contributed by atoms with E-state index in [-0.39, 0.29) is 0 Å². The molecule has 2 N–H and O–H groups in total. The molecule has 5 nitrogen and oxygen atoms in total. The SMILES string of the molecule is O=c1[nH]cc(CCc2ccc3ncccc3c2)[nH]c1=O. The second-order valence-corrected chi connectivity index (χ2v) is 4.63. The molecule has 0 aliphatic heterocycles. The largest absolute Gasteiger partial charge is 0.323 e. The third-order valence-corrected chi connectivity index (χ3v) is 3.21. The molecule has 0 radical (unpaired) electrons. The number of H-pyrrole nitrogens is 2. The zero-order valence-corrected chi connectivity index (χ0v) is 10.7. The van der Waals surface area contributed by atoms with Gasteiger partial charge in [-0.1, -0.05) is 12.1 Å². The van der Waals surface area contributed by atoms with E-state index in [1.165, 1.54) is 0 Å². The minimum absolute atomic E-state index is 0.606. The monoisotopic (exact) mass is 267 g/mol. The van der Waals surface area contributed by atoms with E-state index in [0.717, 1.165) is 28.6 Å². The van der Waals surface area contributed by atoms with Crippen molar-refractivity contribution in [3.8, 4) is 0 Å². The van der Waals surface area contributed by atoms with Crippen molar-refractivity contribution in [2.24, 2.45) is 0 Å². The first-order valence-corrected chi connectivity index (χ1v) is 6.37. The van der Waals surface area contributed by atoms with Gasteiger partial charge in [-0.15, -0.1) is 0 Å². The lowest BCUT2D eigenvalue weighted by atomic mass is 10.1. The Morgan fingerprint density at radius 3 is 2.80 bits per heavy atom. The van der Waals surface area contributed by atoms with Crippen LogP contribution < -0.4 is 11.1 Å². The Hall–Kier alpha value is -2.69. The molecule has 0 saturated carbocycles. The van der Waals surface area contributed by atoms with Crippen molar-refractivity contribution in [1.29, 1.82) is 0 Å². The summed E-state index contributed by atoms with van der Waals surface area (Å²) >= 11 is 0. The first kappa shape index (κ1) is 12.3. The molecule has 20 heavy (non-hydrogen) atoms. The number of hydrogen-bond donors (Lipinski definition) is 2. The van der Waals surface area contributed by atoms with Gasteiger partial charge < -0.3 is 9.97 Å². The summed E-state index contributed by atoms with van der Waals surface area (Å²) in [6, 6.07) is 10.0. The summed E-state index contributed by atoms with van der Waals surface area (Å²) in [4.78, 5) is 31.5. The molecular weight excluding hydrogens is 254 g/mol. The molecule has 0 saturated heterocycles. The topological polar surface area (TPSA) is 78.6 Å². The maximum absolute atomic E-state index is 11.2. The van der Waals surface area contributed by atoms with Gasteiger partial charge in [-0.25, -0.2) is 0 Å². The van der Waals surface area contributed by atoms with Gasteiger partial charge in [0.25, 0.3) is 0 Å². The number of nitrogens with zero attached hydrogens (tertiary/aromatic N) is 1. The van der Waals surface area contributed by atoms with Crippen molar-refractivity contribution >= 4 is 10.9 Å². The highest BCUT2D eigenvalue weighted by atomic mass is 16.2. The molecule has 0 aliphatic carbocycles. The lowest BCUT2D eigenvalue weighted by Gasteiger charge is -2.03.